The largest absolute Gasteiger partial charge is 0.507 e. The number of benzene rings is 3. The molecule has 3 N–H and O–H groups in total. The van der Waals surface area contributed by atoms with E-state index in [1.54, 1.807) is 17.0 Å². The fourth-order valence-electron chi connectivity index (χ4n) is 3.62. The summed E-state index contributed by atoms with van der Waals surface area (Å²) in [6, 6.07) is 22.9. The molecule has 0 atom stereocenters. The van der Waals surface area contributed by atoms with Crippen molar-refractivity contribution in [3.63, 3.8) is 0 Å². The second-order valence-corrected chi connectivity index (χ2v) is 7.70. The van der Waals surface area contributed by atoms with Crippen LogP contribution in [0.15, 0.2) is 77.9 Å². The number of hydrogen-bond acceptors (Lipinski definition) is 8. The lowest BCUT2D eigenvalue weighted by atomic mass is 10.0. The Morgan fingerprint density at radius 1 is 0.882 bits per heavy atom. The number of phenolic OH excluding ortho intramolecular Hbond substituents is 1. The van der Waals surface area contributed by atoms with E-state index in [1.807, 2.05) is 80.6 Å². The van der Waals surface area contributed by atoms with Crippen LogP contribution in [0.5, 0.6) is 5.75 Å². The van der Waals surface area contributed by atoms with Crippen molar-refractivity contribution in [1.82, 2.24) is 24.7 Å². The van der Waals surface area contributed by atoms with E-state index in [0.29, 0.717) is 17.5 Å². The van der Waals surface area contributed by atoms with E-state index in [9.17, 15) is 5.11 Å². The van der Waals surface area contributed by atoms with Crippen molar-refractivity contribution in [2.45, 2.75) is 13.8 Å². The molecule has 0 spiro atoms. The molecule has 0 radical (unpaired) electrons. The predicted octanol–water partition coefficient (Wildman–Crippen LogP) is 4.72. The third kappa shape index (κ3) is 4.40. The van der Waals surface area contributed by atoms with Gasteiger partial charge in [-0.25, -0.2) is 10.1 Å². The minimum atomic E-state index is 0.134. The van der Waals surface area contributed by atoms with Crippen LogP contribution in [0.4, 0.5) is 17.6 Å². The van der Waals surface area contributed by atoms with Gasteiger partial charge in [0.1, 0.15) is 5.75 Å². The van der Waals surface area contributed by atoms with Crippen LogP contribution < -0.4 is 10.7 Å². The number of nitrogens with zero attached hydrogens (tertiary/aromatic N) is 6. The monoisotopic (exact) mass is 450 g/mol. The van der Waals surface area contributed by atoms with E-state index in [-0.39, 0.29) is 11.7 Å². The zero-order valence-corrected chi connectivity index (χ0v) is 18.6. The van der Waals surface area contributed by atoms with Gasteiger partial charge in [-0.2, -0.15) is 25.2 Å². The lowest BCUT2D eigenvalue weighted by molar-refractivity contribution is 0.475. The Balaban J connectivity index is 1.49. The minimum absolute atomic E-state index is 0.134. The predicted molar refractivity (Wildman–Crippen MR) is 133 cm³/mol. The fourth-order valence-corrected chi connectivity index (χ4v) is 3.62. The number of phenols is 1. The van der Waals surface area contributed by atoms with E-state index >= 15 is 0 Å². The van der Waals surface area contributed by atoms with Crippen LogP contribution in [0.2, 0.25) is 0 Å². The van der Waals surface area contributed by atoms with Gasteiger partial charge in [-0.05, 0) is 48.9 Å². The molecule has 5 rings (SSSR count). The van der Waals surface area contributed by atoms with Crippen LogP contribution >= 0.6 is 0 Å². The molecule has 0 saturated heterocycles. The van der Waals surface area contributed by atoms with E-state index in [2.05, 4.69) is 35.9 Å². The molecule has 0 aliphatic heterocycles. The SMILES string of the molecule is Cc1cc(C)n(-c2nc(N/N=C/c3c(O)ccc4ccccc34)nc(Nc3ccccc3)n2)n1. The summed E-state index contributed by atoms with van der Waals surface area (Å²) in [5, 5.41) is 24.2. The van der Waals surface area contributed by atoms with Crippen LogP contribution in [0, 0.1) is 13.8 Å². The van der Waals surface area contributed by atoms with Crippen molar-refractivity contribution >= 4 is 34.6 Å². The van der Waals surface area contributed by atoms with E-state index in [0.717, 1.165) is 27.8 Å². The molecule has 0 amide bonds. The molecule has 0 saturated carbocycles. The number of anilines is 3. The Morgan fingerprint density at radius 3 is 2.44 bits per heavy atom. The smallest absolute Gasteiger partial charge is 0.257 e. The van der Waals surface area contributed by atoms with Crippen molar-refractivity contribution in [2.75, 3.05) is 10.7 Å². The molecule has 5 aromatic rings. The highest BCUT2D eigenvalue weighted by Crippen LogP contribution is 2.25. The molecule has 34 heavy (non-hydrogen) atoms. The maximum Gasteiger partial charge on any atom is 0.257 e. The molecule has 0 aliphatic rings. The summed E-state index contributed by atoms with van der Waals surface area (Å²) < 4.78 is 1.65. The topological polar surface area (TPSA) is 113 Å². The van der Waals surface area contributed by atoms with Gasteiger partial charge in [-0.15, -0.1) is 0 Å². The molecule has 0 fully saturated rings. The molecular weight excluding hydrogens is 428 g/mol. The van der Waals surface area contributed by atoms with Crippen molar-refractivity contribution in [3.05, 3.63) is 89.7 Å². The molecule has 9 heteroatoms. The van der Waals surface area contributed by atoms with Crippen LogP contribution in [0.3, 0.4) is 0 Å². The number of aromatic hydroxyl groups is 1. The van der Waals surface area contributed by atoms with Gasteiger partial charge >= 0.3 is 0 Å². The Bertz CT molecular complexity index is 1490. The highest BCUT2D eigenvalue weighted by Gasteiger charge is 2.12. The Kier molecular flexibility index (Phi) is 5.57. The molecule has 0 unspecified atom stereocenters. The maximum atomic E-state index is 10.4. The number of rotatable bonds is 6. The van der Waals surface area contributed by atoms with Gasteiger partial charge in [0.15, 0.2) is 0 Å². The molecule has 2 heterocycles. The summed E-state index contributed by atoms with van der Waals surface area (Å²) in [6.45, 7) is 3.84. The molecule has 168 valence electrons. The van der Waals surface area contributed by atoms with E-state index in [1.165, 1.54) is 0 Å². The second kappa shape index (κ2) is 8.99. The van der Waals surface area contributed by atoms with E-state index in [4.69, 9.17) is 0 Å². The van der Waals surface area contributed by atoms with Gasteiger partial charge in [0.25, 0.3) is 5.95 Å². The molecular formula is C25H22N8O. The first kappa shape index (κ1) is 21.1. The molecule has 0 aliphatic carbocycles. The summed E-state index contributed by atoms with van der Waals surface area (Å²) in [4.78, 5) is 13.5. The number of aryl methyl sites for hydroxylation is 2. The fraction of sp³-hybridized carbons (Fsp3) is 0.0800. The average molecular weight is 451 g/mol. The first-order chi connectivity index (χ1) is 16.6. The number of fused-ring (bicyclic) bond motifs is 1. The van der Waals surface area contributed by atoms with E-state index < -0.39 is 0 Å². The lowest BCUT2D eigenvalue weighted by Gasteiger charge is -2.09. The average Bonchev–Trinajstić information content (AvgIpc) is 3.19. The first-order valence-electron chi connectivity index (χ1n) is 10.7. The van der Waals surface area contributed by atoms with Crippen molar-refractivity contribution in [2.24, 2.45) is 5.10 Å². The molecule has 3 aromatic carbocycles. The Morgan fingerprint density at radius 2 is 1.65 bits per heavy atom. The molecule has 9 nitrogen and oxygen atoms in total. The molecule has 0 bridgehead atoms. The Labute approximate surface area is 195 Å². The standard InChI is InChI=1S/C25H22N8O/c1-16-14-17(2)33(32-16)25-29-23(27-19-9-4-3-5-10-19)28-24(30-25)31-26-15-21-20-11-7-6-8-18(20)12-13-22(21)34/h3-15,34H,1-2H3,(H2,27,28,29,30,31)/b26-15+. The van der Waals surface area contributed by atoms with Gasteiger partial charge in [0, 0.05) is 16.9 Å². The van der Waals surface area contributed by atoms with Gasteiger partial charge in [0.2, 0.25) is 11.9 Å². The summed E-state index contributed by atoms with van der Waals surface area (Å²) >= 11 is 0. The minimum Gasteiger partial charge on any atom is -0.507 e. The number of hydrazone groups is 1. The summed E-state index contributed by atoms with van der Waals surface area (Å²) in [6.07, 6.45) is 1.55. The first-order valence-corrected chi connectivity index (χ1v) is 10.7. The van der Waals surface area contributed by atoms with Crippen molar-refractivity contribution < 1.29 is 5.11 Å². The van der Waals surface area contributed by atoms with Crippen LogP contribution in [0.25, 0.3) is 16.7 Å². The van der Waals surface area contributed by atoms with Gasteiger partial charge in [-0.1, -0.05) is 48.5 Å². The summed E-state index contributed by atoms with van der Waals surface area (Å²) in [5.41, 5.74) is 6.05. The normalized spacial score (nSPS) is 11.2. The zero-order chi connectivity index (χ0) is 23.5. The third-order valence-electron chi connectivity index (χ3n) is 5.16. The van der Waals surface area contributed by atoms with Crippen molar-refractivity contribution in [1.29, 1.82) is 0 Å². The molecule has 2 aromatic heterocycles. The highest BCUT2D eigenvalue weighted by atomic mass is 16.3. The Hall–Kier alpha value is -4.79. The summed E-state index contributed by atoms with van der Waals surface area (Å²) in [5.74, 6) is 1.06. The number of nitrogens with one attached hydrogen (secondary N) is 2. The van der Waals surface area contributed by atoms with Gasteiger partial charge in [-0.3, -0.25) is 0 Å². The van der Waals surface area contributed by atoms with Crippen LogP contribution in [-0.2, 0) is 0 Å². The zero-order valence-electron chi connectivity index (χ0n) is 18.6. The number of hydrogen-bond donors (Lipinski definition) is 3. The van der Waals surface area contributed by atoms with Crippen LogP contribution in [-0.4, -0.2) is 36.1 Å². The number of aromatic nitrogens is 5. The van der Waals surface area contributed by atoms with Crippen molar-refractivity contribution in [3.8, 4) is 11.7 Å². The maximum absolute atomic E-state index is 10.4. The van der Waals surface area contributed by atoms with Gasteiger partial charge < -0.3 is 10.4 Å². The number of para-hydroxylation sites is 1. The highest BCUT2D eigenvalue weighted by molar-refractivity contribution is 6.02. The lowest BCUT2D eigenvalue weighted by Crippen LogP contribution is -2.11. The summed E-state index contributed by atoms with van der Waals surface area (Å²) in [7, 11) is 0. The van der Waals surface area contributed by atoms with Crippen LogP contribution in [0.1, 0.15) is 17.0 Å². The second-order valence-electron chi connectivity index (χ2n) is 7.70. The quantitative estimate of drug-likeness (QED) is 0.253. The third-order valence-corrected chi connectivity index (χ3v) is 5.16. The van der Waals surface area contributed by atoms with Gasteiger partial charge in [0.05, 0.1) is 11.9 Å².